The zero-order chi connectivity index (χ0) is 15.4. The summed E-state index contributed by atoms with van der Waals surface area (Å²) >= 11 is 0. The predicted octanol–water partition coefficient (Wildman–Crippen LogP) is 0.980. The Bertz CT molecular complexity index is 515. The van der Waals surface area contributed by atoms with Crippen LogP contribution in [-0.2, 0) is 4.74 Å². The maximum Gasteiger partial charge on any atom is 0.334 e. The molecule has 21 heavy (non-hydrogen) atoms. The van der Waals surface area contributed by atoms with Gasteiger partial charge in [-0.2, -0.15) is 0 Å². The smallest absolute Gasteiger partial charge is 0.334 e. The van der Waals surface area contributed by atoms with Gasteiger partial charge in [-0.05, 0) is 31.8 Å². The third-order valence-corrected chi connectivity index (χ3v) is 3.97. The molecular formula is C13H21N5O3. The number of nitro groups is 1. The molecule has 1 saturated heterocycles. The van der Waals surface area contributed by atoms with Crippen LogP contribution in [0.15, 0.2) is 6.20 Å². The highest BCUT2D eigenvalue weighted by Gasteiger charge is 2.27. The first-order chi connectivity index (χ1) is 10.0. The van der Waals surface area contributed by atoms with Crippen molar-refractivity contribution < 1.29 is 9.66 Å². The molecule has 1 fully saturated rings. The SMILES string of the molecule is COCCN1CCC(c2cnc(N)c([N+](=O)[O-])c2N)CC1. The van der Waals surface area contributed by atoms with Gasteiger partial charge in [-0.1, -0.05) is 0 Å². The van der Waals surface area contributed by atoms with Crippen LogP contribution in [0.4, 0.5) is 17.2 Å². The largest absolute Gasteiger partial charge is 0.393 e. The molecule has 0 amide bonds. The second-order valence-electron chi connectivity index (χ2n) is 5.23. The highest BCUT2D eigenvalue weighted by atomic mass is 16.6. The van der Waals surface area contributed by atoms with Crippen molar-refractivity contribution in [1.82, 2.24) is 9.88 Å². The lowest BCUT2D eigenvalue weighted by molar-refractivity contribution is -0.383. The van der Waals surface area contributed by atoms with Gasteiger partial charge < -0.3 is 21.1 Å². The number of nitrogens with two attached hydrogens (primary N) is 2. The number of rotatable bonds is 5. The molecule has 1 aromatic rings. The molecule has 0 aromatic carbocycles. The topological polar surface area (TPSA) is 121 Å². The lowest BCUT2D eigenvalue weighted by atomic mass is 9.89. The normalized spacial score (nSPS) is 17.0. The summed E-state index contributed by atoms with van der Waals surface area (Å²) in [5.74, 6) is 0.0642. The summed E-state index contributed by atoms with van der Waals surface area (Å²) in [5, 5.41) is 11.0. The first-order valence-electron chi connectivity index (χ1n) is 6.94. The van der Waals surface area contributed by atoms with Gasteiger partial charge in [-0.25, -0.2) is 4.98 Å². The number of ether oxygens (including phenoxy) is 1. The Morgan fingerprint density at radius 2 is 2.14 bits per heavy atom. The van der Waals surface area contributed by atoms with Crippen molar-refractivity contribution in [1.29, 1.82) is 0 Å². The first kappa shape index (κ1) is 15.5. The van der Waals surface area contributed by atoms with E-state index in [0.717, 1.165) is 38.0 Å². The maximum atomic E-state index is 11.0. The molecule has 2 rings (SSSR count). The zero-order valence-electron chi connectivity index (χ0n) is 12.1. The molecule has 0 unspecified atom stereocenters. The maximum absolute atomic E-state index is 11.0. The number of piperidine rings is 1. The summed E-state index contributed by atoms with van der Waals surface area (Å²) < 4.78 is 5.07. The minimum absolute atomic E-state index is 0.126. The van der Waals surface area contributed by atoms with E-state index in [-0.39, 0.29) is 23.1 Å². The van der Waals surface area contributed by atoms with Gasteiger partial charge in [0.25, 0.3) is 0 Å². The number of nitrogens with zero attached hydrogens (tertiary/aromatic N) is 3. The van der Waals surface area contributed by atoms with E-state index in [9.17, 15) is 10.1 Å². The van der Waals surface area contributed by atoms with Crippen LogP contribution in [0.3, 0.4) is 0 Å². The van der Waals surface area contributed by atoms with E-state index in [1.54, 1.807) is 13.3 Å². The minimum Gasteiger partial charge on any atom is -0.393 e. The summed E-state index contributed by atoms with van der Waals surface area (Å²) in [5.41, 5.74) is 12.1. The number of hydrogen-bond acceptors (Lipinski definition) is 7. The summed E-state index contributed by atoms with van der Waals surface area (Å²) in [6.07, 6.45) is 3.38. The molecule has 116 valence electrons. The number of aromatic nitrogens is 1. The number of methoxy groups -OCH3 is 1. The van der Waals surface area contributed by atoms with Gasteiger partial charge in [0.2, 0.25) is 5.82 Å². The molecule has 8 heteroatoms. The van der Waals surface area contributed by atoms with Crippen LogP contribution in [0, 0.1) is 10.1 Å². The Hall–Kier alpha value is -1.93. The van der Waals surface area contributed by atoms with Crippen molar-refractivity contribution in [2.75, 3.05) is 44.8 Å². The van der Waals surface area contributed by atoms with E-state index in [0.29, 0.717) is 6.61 Å². The van der Waals surface area contributed by atoms with Crippen LogP contribution in [0.25, 0.3) is 0 Å². The zero-order valence-corrected chi connectivity index (χ0v) is 12.1. The van der Waals surface area contributed by atoms with Crippen LogP contribution >= 0.6 is 0 Å². The van der Waals surface area contributed by atoms with Crippen molar-refractivity contribution in [3.8, 4) is 0 Å². The lowest BCUT2D eigenvalue weighted by Crippen LogP contribution is -2.35. The van der Waals surface area contributed by atoms with Gasteiger partial charge in [0.15, 0.2) is 0 Å². The fourth-order valence-corrected chi connectivity index (χ4v) is 2.75. The first-order valence-corrected chi connectivity index (χ1v) is 6.94. The van der Waals surface area contributed by atoms with E-state index in [2.05, 4.69) is 9.88 Å². The van der Waals surface area contributed by atoms with E-state index < -0.39 is 4.92 Å². The average Bonchev–Trinajstić information content (AvgIpc) is 2.46. The van der Waals surface area contributed by atoms with Crippen molar-refractivity contribution in [2.45, 2.75) is 18.8 Å². The molecule has 0 saturated carbocycles. The molecule has 0 atom stereocenters. The number of hydrogen-bond donors (Lipinski definition) is 2. The van der Waals surface area contributed by atoms with Gasteiger partial charge in [0.05, 0.1) is 11.5 Å². The summed E-state index contributed by atoms with van der Waals surface area (Å²) in [6.45, 7) is 3.46. The van der Waals surface area contributed by atoms with Crippen LogP contribution in [0.2, 0.25) is 0 Å². The number of pyridine rings is 1. The third kappa shape index (κ3) is 3.40. The van der Waals surface area contributed by atoms with E-state index in [1.165, 1.54) is 0 Å². The molecule has 1 aromatic heterocycles. The molecule has 1 aliphatic rings. The average molecular weight is 295 g/mol. The molecule has 4 N–H and O–H groups in total. The molecular weight excluding hydrogens is 274 g/mol. The van der Waals surface area contributed by atoms with Crippen LogP contribution in [0.5, 0.6) is 0 Å². The second kappa shape index (κ2) is 6.68. The number of likely N-dealkylation sites (tertiary alicyclic amines) is 1. The molecule has 0 bridgehead atoms. The highest BCUT2D eigenvalue weighted by molar-refractivity contribution is 5.72. The van der Waals surface area contributed by atoms with Crippen molar-refractivity contribution in [3.05, 3.63) is 21.9 Å². The number of nitrogen functional groups attached to an aromatic ring is 2. The molecule has 2 heterocycles. The molecule has 0 spiro atoms. The van der Waals surface area contributed by atoms with Gasteiger partial charge in [0, 0.05) is 25.4 Å². The predicted molar refractivity (Wildman–Crippen MR) is 80.0 cm³/mol. The third-order valence-electron chi connectivity index (χ3n) is 3.97. The van der Waals surface area contributed by atoms with Crippen LogP contribution in [-0.4, -0.2) is 48.2 Å². The fraction of sp³-hybridized carbons (Fsp3) is 0.615. The van der Waals surface area contributed by atoms with Gasteiger partial charge >= 0.3 is 5.69 Å². The van der Waals surface area contributed by atoms with Gasteiger partial charge in [-0.3, -0.25) is 10.1 Å². The number of anilines is 2. The molecule has 0 radical (unpaired) electrons. The van der Waals surface area contributed by atoms with E-state index in [1.807, 2.05) is 0 Å². The Balaban J connectivity index is 2.10. The lowest BCUT2D eigenvalue weighted by Gasteiger charge is -2.32. The quantitative estimate of drug-likeness (QED) is 0.613. The Kier molecular flexibility index (Phi) is 4.92. The van der Waals surface area contributed by atoms with Gasteiger partial charge in [0.1, 0.15) is 5.69 Å². The minimum atomic E-state index is -0.561. The van der Waals surface area contributed by atoms with Gasteiger partial charge in [-0.15, -0.1) is 0 Å². The van der Waals surface area contributed by atoms with Crippen molar-refractivity contribution in [3.63, 3.8) is 0 Å². The monoisotopic (exact) mass is 295 g/mol. The molecule has 0 aliphatic carbocycles. The summed E-state index contributed by atoms with van der Waals surface area (Å²) in [7, 11) is 1.69. The summed E-state index contributed by atoms with van der Waals surface area (Å²) in [6, 6.07) is 0. The fourth-order valence-electron chi connectivity index (χ4n) is 2.75. The Labute approximate surface area is 123 Å². The van der Waals surface area contributed by atoms with Crippen LogP contribution < -0.4 is 11.5 Å². The van der Waals surface area contributed by atoms with Crippen LogP contribution in [0.1, 0.15) is 24.3 Å². The Morgan fingerprint density at radius 3 is 2.71 bits per heavy atom. The molecule has 8 nitrogen and oxygen atoms in total. The van der Waals surface area contributed by atoms with Crippen molar-refractivity contribution >= 4 is 17.2 Å². The summed E-state index contributed by atoms with van der Waals surface area (Å²) in [4.78, 5) is 16.7. The van der Waals surface area contributed by atoms with E-state index in [4.69, 9.17) is 16.2 Å². The van der Waals surface area contributed by atoms with E-state index >= 15 is 0 Å². The highest BCUT2D eigenvalue weighted by Crippen LogP contribution is 2.37. The standard InChI is InChI=1S/C13H21N5O3/c1-21-7-6-17-4-2-9(3-5-17)10-8-16-13(15)12(11(10)14)18(19)20/h8-9H,2-7H2,1H3,(H4,14,15,16). The van der Waals surface area contributed by atoms with Crippen molar-refractivity contribution in [2.24, 2.45) is 0 Å². The Morgan fingerprint density at radius 1 is 1.48 bits per heavy atom. The second-order valence-corrected chi connectivity index (χ2v) is 5.23. The molecule has 1 aliphatic heterocycles.